The fourth-order valence-electron chi connectivity index (χ4n) is 3.76. The summed E-state index contributed by atoms with van der Waals surface area (Å²) in [6.45, 7) is 12.2. The molecule has 1 saturated heterocycles. The number of aromatic nitrogens is 2. The monoisotopic (exact) mass is 394 g/mol. The summed E-state index contributed by atoms with van der Waals surface area (Å²) in [5, 5.41) is 8.61. The van der Waals surface area contributed by atoms with Gasteiger partial charge >= 0.3 is 0 Å². The SMILES string of the molecule is [C-]#[N+]c1cnn2cccc2c1NCC(c1ccccc1Cl)N1CCN(C)CC1. The van der Waals surface area contributed by atoms with Crippen molar-refractivity contribution in [2.24, 2.45) is 0 Å². The third-order valence-corrected chi connectivity index (χ3v) is 5.72. The quantitative estimate of drug-likeness (QED) is 0.665. The number of nitrogens with zero attached hydrogens (tertiary/aromatic N) is 5. The van der Waals surface area contributed by atoms with Crippen molar-refractivity contribution in [3.8, 4) is 0 Å². The number of hydrogen-bond acceptors (Lipinski definition) is 4. The zero-order chi connectivity index (χ0) is 19.5. The Morgan fingerprint density at radius 1 is 1.18 bits per heavy atom. The lowest BCUT2D eigenvalue weighted by Crippen LogP contribution is -2.47. The van der Waals surface area contributed by atoms with Gasteiger partial charge in [-0.1, -0.05) is 29.8 Å². The molecule has 0 bridgehead atoms. The van der Waals surface area contributed by atoms with Crippen LogP contribution in [0.1, 0.15) is 11.6 Å². The molecule has 1 unspecified atom stereocenters. The van der Waals surface area contributed by atoms with Crippen molar-refractivity contribution in [3.05, 3.63) is 70.8 Å². The maximum atomic E-state index is 7.51. The number of hydrogen-bond donors (Lipinski definition) is 1. The van der Waals surface area contributed by atoms with Crippen LogP contribution in [-0.4, -0.2) is 59.2 Å². The number of anilines is 1. The third-order valence-electron chi connectivity index (χ3n) is 5.38. The van der Waals surface area contributed by atoms with Crippen LogP contribution in [-0.2, 0) is 0 Å². The van der Waals surface area contributed by atoms with Gasteiger partial charge in [0.2, 0.25) is 5.69 Å². The largest absolute Gasteiger partial charge is 0.390 e. The Labute approximate surface area is 170 Å². The molecule has 6 nitrogen and oxygen atoms in total. The molecule has 1 N–H and O–H groups in total. The van der Waals surface area contributed by atoms with E-state index in [4.69, 9.17) is 18.2 Å². The Balaban J connectivity index is 1.65. The van der Waals surface area contributed by atoms with Gasteiger partial charge in [0.05, 0.1) is 30.0 Å². The number of nitrogens with one attached hydrogen (secondary N) is 1. The summed E-state index contributed by atoms with van der Waals surface area (Å²) in [6, 6.07) is 12.1. The summed E-state index contributed by atoms with van der Waals surface area (Å²) in [6.07, 6.45) is 3.50. The first-order chi connectivity index (χ1) is 13.7. The van der Waals surface area contributed by atoms with Gasteiger partial charge in [-0.3, -0.25) is 4.90 Å². The number of fused-ring (bicyclic) bond motifs is 1. The van der Waals surface area contributed by atoms with Crippen LogP contribution in [0.15, 0.2) is 48.8 Å². The van der Waals surface area contributed by atoms with Crippen LogP contribution < -0.4 is 5.32 Å². The lowest BCUT2D eigenvalue weighted by Gasteiger charge is -2.38. The van der Waals surface area contributed by atoms with Crippen molar-refractivity contribution in [3.63, 3.8) is 0 Å². The van der Waals surface area contributed by atoms with Crippen LogP contribution in [0.4, 0.5) is 11.4 Å². The molecule has 144 valence electrons. The highest BCUT2D eigenvalue weighted by molar-refractivity contribution is 6.31. The highest BCUT2D eigenvalue weighted by Gasteiger charge is 2.26. The summed E-state index contributed by atoms with van der Waals surface area (Å²) < 4.78 is 1.79. The molecule has 7 heteroatoms. The molecule has 3 aromatic rings. The van der Waals surface area contributed by atoms with E-state index >= 15 is 0 Å². The molecule has 1 aliphatic rings. The first kappa shape index (κ1) is 18.8. The Hall–Kier alpha value is -2.59. The zero-order valence-electron chi connectivity index (χ0n) is 15.8. The van der Waals surface area contributed by atoms with Gasteiger partial charge in [0.15, 0.2) is 0 Å². The van der Waals surface area contributed by atoms with Gasteiger partial charge in [-0.2, -0.15) is 5.10 Å². The molecule has 28 heavy (non-hydrogen) atoms. The summed E-state index contributed by atoms with van der Waals surface area (Å²) in [5.41, 5.74) is 3.37. The van der Waals surface area contributed by atoms with Crippen molar-refractivity contribution < 1.29 is 0 Å². The second-order valence-corrected chi connectivity index (χ2v) is 7.52. The molecule has 0 radical (unpaired) electrons. The maximum Gasteiger partial charge on any atom is 0.231 e. The molecule has 1 aliphatic heterocycles. The number of halogens is 1. The van der Waals surface area contributed by atoms with E-state index in [9.17, 15) is 0 Å². The average Bonchev–Trinajstić information content (AvgIpc) is 3.19. The molecule has 2 aromatic heterocycles. The second-order valence-electron chi connectivity index (χ2n) is 7.11. The van der Waals surface area contributed by atoms with Crippen molar-refractivity contribution in [2.75, 3.05) is 45.1 Å². The average molecular weight is 395 g/mol. The number of likely N-dealkylation sites (N-methyl/N-ethyl adjacent to an activating group) is 1. The maximum absolute atomic E-state index is 7.51. The standard InChI is InChI=1S/C21H23ClN6/c1-23-18-14-25-28-9-5-8-19(28)21(18)24-15-20(16-6-3-4-7-17(16)22)27-12-10-26(2)11-13-27/h3-9,14,20,24H,10-13,15H2,2H3. The highest BCUT2D eigenvalue weighted by atomic mass is 35.5. The molecule has 0 amide bonds. The number of benzene rings is 1. The minimum absolute atomic E-state index is 0.129. The van der Waals surface area contributed by atoms with Crippen molar-refractivity contribution in [1.29, 1.82) is 0 Å². The summed E-state index contributed by atoms with van der Waals surface area (Å²) in [7, 11) is 2.16. The van der Waals surface area contributed by atoms with E-state index in [1.165, 1.54) is 0 Å². The van der Waals surface area contributed by atoms with Crippen molar-refractivity contribution in [1.82, 2.24) is 19.4 Å². The molecular formula is C21H23ClN6. The van der Waals surface area contributed by atoms with Gasteiger partial charge in [0, 0.05) is 43.9 Å². The van der Waals surface area contributed by atoms with E-state index in [1.807, 2.05) is 36.5 Å². The van der Waals surface area contributed by atoms with E-state index in [0.29, 0.717) is 12.2 Å². The van der Waals surface area contributed by atoms with Gasteiger partial charge in [0.25, 0.3) is 0 Å². The molecule has 1 aromatic carbocycles. The van der Waals surface area contributed by atoms with E-state index in [2.05, 4.69) is 38.2 Å². The Morgan fingerprint density at radius 2 is 1.96 bits per heavy atom. The summed E-state index contributed by atoms with van der Waals surface area (Å²) in [4.78, 5) is 8.48. The van der Waals surface area contributed by atoms with Gasteiger partial charge in [0.1, 0.15) is 0 Å². The molecule has 4 rings (SSSR count). The first-order valence-electron chi connectivity index (χ1n) is 9.42. The smallest absolute Gasteiger partial charge is 0.231 e. The van der Waals surface area contributed by atoms with Crippen molar-refractivity contribution >= 4 is 28.5 Å². The van der Waals surface area contributed by atoms with Crippen LogP contribution in [0.5, 0.6) is 0 Å². The molecule has 0 saturated carbocycles. The van der Waals surface area contributed by atoms with E-state index in [0.717, 1.165) is 48.0 Å². The Morgan fingerprint density at radius 3 is 2.71 bits per heavy atom. The van der Waals surface area contributed by atoms with Crippen LogP contribution in [0.3, 0.4) is 0 Å². The van der Waals surface area contributed by atoms with Crippen LogP contribution in [0.25, 0.3) is 10.4 Å². The normalized spacial score (nSPS) is 16.8. The molecule has 1 atom stereocenters. The Kier molecular flexibility index (Phi) is 5.49. The van der Waals surface area contributed by atoms with Crippen molar-refractivity contribution in [2.45, 2.75) is 6.04 Å². The minimum Gasteiger partial charge on any atom is -0.390 e. The molecule has 3 heterocycles. The third kappa shape index (κ3) is 3.69. The first-order valence-corrected chi connectivity index (χ1v) is 9.80. The summed E-state index contributed by atoms with van der Waals surface area (Å²) >= 11 is 6.56. The van der Waals surface area contributed by atoms with Crippen LogP contribution >= 0.6 is 11.6 Å². The highest BCUT2D eigenvalue weighted by Crippen LogP contribution is 2.32. The fraction of sp³-hybridized carbons (Fsp3) is 0.333. The lowest BCUT2D eigenvalue weighted by molar-refractivity contribution is 0.116. The second kappa shape index (κ2) is 8.19. The van der Waals surface area contributed by atoms with Gasteiger partial charge in [-0.25, -0.2) is 9.36 Å². The van der Waals surface area contributed by atoms with E-state index in [-0.39, 0.29) is 6.04 Å². The molecular weight excluding hydrogens is 372 g/mol. The zero-order valence-corrected chi connectivity index (χ0v) is 16.6. The van der Waals surface area contributed by atoms with Gasteiger partial charge in [-0.15, -0.1) is 0 Å². The molecule has 1 fully saturated rings. The number of rotatable bonds is 5. The fourth-order valence-corrected chi connectivity index (χ4v) is 4.02. The molecule has 0 aliphatic carbocycles. The predicted molar refractivity (Wildman–Crippen MR) is 113 cm³/mol. The minimum atomic E-state index is 0.129. The van der Waals surface area contributed by atoms with E-state index in [1.54, 1.807) is 10.7 Å². The molecule has 0 spiro atoms. The Bertz CT molecular complexity index is 1000. The van der Waals surface area contributed by atoms with E-state index < -0.39 is 0 Å². The number of piperazine rings is 1. The van der Waals surface area contributed by atoms with Gasteiger partial charge < -0.3 is 10.2 Å². The van der Waals surface area contributed by atoms with Gasteiger partial charge in [-0.05, 0) is 30.8 Å². The van der Waals surface area contributed by atoms with Crippen LogP contribution in [0, 0.1) is 6.57 Å². The van der Waals surface area contributed by atoms with Crippen LogP contribution in [0.2, 0.25) is 5.02 Å². The summed E-state index contributed by atoms with van der Waals surface area (Å²) in [5.74, 6) is 0. The lowest BCUT2D eigenvalue weighted by atomic mass is 10.0. The predicted octanol–water partition coefficient (Wildman–Crippen LogP) is 3.94. The topological polar surface area (TPSA) is 40.2 Å².